The highest BCUT2D eigenvalue weighted by Gasteiger charge is 2.45. The molecule has 0 spiro atoms. The Kier molecular flexibility index (Phi) is 7.30. The van der Waals surface area contributed by atoms with E-state index in [1.165, 1.54) is 4.90 Å². The van der Waals surface area contributed by atoms with Crippen molar-refractivity contribution in [3.8, 4) is 5.75 Å². The number of likely N-dealkylation sites (N-methyl/N-ethyl adjacent to an activating group) is 1. The highest BCUT2D eigenvalue weighted by atomic mass is 79.9. The van der Waals surface area contributed by atoms with Gasteiger partial charge in [0.25, 0.3) is 11.7 Å². The van der Waals surface area contributed by atoms with Gasteiger partial charge >= 0.3 is 0 Å². The fourth-order valence-electron chi connectivity index (χ4n) is 3.43. The summed E-state index contributed by atoms with van der Waals surface area (Å²) in [6, 6.07) is 13.5. The molecule has 0 radical (unpaired) electrons. The Balaban J connectivity index is 2.07. The lowest BCUT2D eigenvalue weighted by Gasteiger charge is -2.26. The molecule has 1 heterocycles. The van der Waals surface area contributed by atoms with Crippen molar-refractivity contribution in [3.63, 3.8) is 0 Å². The SMILES string of the molecule is C=CCOc1ccc([C@H]2/C(=C(\O)c3ccc(Br)cc3)C(=O)C(=O)N2CCN(C)C)cc1. The third-order valence-corrected chi connectivity index (χ3v) is 5.54. The summed E-state index contributed by atoms with van der Waals surface area (Å²) < 4.78 is 6.39. The third kappa shape index (κ3) is 5.06. The summed E-state index contributed by atoms with van der Waals surface area (Å²) in [6.07, 6.45) is 1.66. The first-order valence-electron chi connectivity index (χ1n) is 9.86. The number of carbonyl (C=O) groups is 2. The average Bonchev–Trinajstić information content (AvgIpc) is 3.01. The number of hydrogen-bond acceptors (Lipinski definition) is 5. The van der Waals surface area contributed by atoms with Crippen molar-refractivity contribution >= 4 is 33.4 Å². The highest BCUT2D eigenvalue weighted by Crippen LogP contribution is 2.39. The van der Waals surface area contributed by atoms with Gasteiger partial charge in [-0.05, 0) is 43.9 Å². The zero-order chi connectivity index (χ0) is 22.5. The minimum Gasteiger partial charge on any atom is -0.507 e. The zero-order valence-corrected chi connectivity index (χ0v) is 19.1. The van der Waals surface area contributed by atoms with Crippen LogP contribution >= 0.6 is 15.9 Å². The highest BCUT2D eigenvalue weighted by molar-refractivity contribution is 9.10. The smallest absolute Gasteiger partial charge is 0.295 e. The first-order chi connectivity index (χ1) is 14.8. The number of hydrogen-bond donors (Lipinski definition) is 1. The summed E-state index contributed by atoms with van der Waals surface area (Å²) in [4.78, 5) is 29.3. The topological polar surface area (TPSA) is 70.1 Å². The van der Waals surface area contributed by atoms with Crippen LogP contribution in [0.4, 0.5) is 0 Å². The monoisotopic (exact) mass is 484 g/mol. The zero-order valence-electron chi connectivity index (χ0n) is 17.5. The quantitative estimate of drug-likeness (QED) is 0.265. The average molecular weight is 485 g/mol. The van der Waals surface area contributed by atoms with Gasteiger partial charge in [0, 0.05) is 23.1 Å². The van der Waals surface area contributed by atoms with E-state index in [0.29, 0.717) is 31.0 Å². The van der Waals surface area contributed by atoms with Crippen LogP contribution in [0.3, 0.4) is 0 Å². The van der Waals surface area contributed by atoms with Gasteiger partial charge in [-0.1, -0.05) is 52.9 Å². The van der Waals surface area contributed by atoms with Crippen molar-refractivity contribution < 1.29 is 19.4 Å². The molecule has 0 unspecified atom stereocenters. The van der Waals surface area contributed by atoms with Gasteiger partial charge in [0.15, 0.2) is 0 Å². The van der Waals surface area contributed by atoms with Crippen molar-refractivity contribution in [3.05, 3.63) is 82.4 Å². The maximum Gasteiger partial charge on any atom is 0.295 e. The van der Waals surface area contributed by atoms with E-state index in [-0.39, 0.29) is 11.3 Å². The number of likely N-dealkylation sites (tertiary alicyclic amines) is 1. The molecule has 1 saturated heterocycles. The second-order valence-electron chi connectivity index (χ2n) is 7.47. The maximum atomic E-state index is 13.0. The van der Waals surface area contributed by atoms with Crippen LogP contribution in [0.5, 0.6) is 5.75 Å². The number of rotatable bonds is 8. The van der Waals surface area contributed by atoms with Gasteiger partial charge in [-0.15, -0.1) is 0 Å². The molecule has 2 aromatic carbocycles. The molecule has 0 saturated carbocycles. The molecule has 7 heteroatoms. The summed E-state index contributed by atoms with van der Waals surface area (Å²) in [5.41, 5.74) is 1.29. The predicted molar refractivity (Wildman–Crippen MR) is 124 cm³/mol. The fraction of sp³-hybridized carbons (Fsp3) is 0.250. The molecule has 0 aliphatic carbocycles. The van der Waals surface area contributed by atoms with E-state index in [1.54, 1.807) is 42.5 Å². The van der Waals surface area contributed by atoms with E-state index in [2.05, 4.69) is 22.5 Å². The predicted octanol–water partition coefficient (Wildman–Crippen LogP) is 4.00. The first kappa shape index (κ1) is 22.8. The third-order valence-electron chi connectivity index (χ3n) is 5.01. The molecule has 162 valence electrons. The van der Waals surface area contributed by atoms with Crippen molar-refractivity contribution in [2.24, 2.45) is 0 Å². The number of benzene rings is 2. The Morgan fingerprint density at radius 1 is 1.16 bits per heavy atom. The van der Waals surface area contributed by atoms with Gasteiger partial charge in [-0.2, -0.15) is 0 Å². The van der Waals surface area contributed by atoms with Crippen LogP contribution < -0.4 is 4.74 Å². The first-order valence-corrected chi connectivity index (χ1v) is 10.7. The van der Waals surface area contributed by atoms with E-state index in [0.717, 1.165) is 10.0 Å². The second kappa shape index (κ2) is 9.94. The molecule has 31 heavy (non-hydrogen) atoms. The van der Waals surface area contributed by atoms with Crippen LogP contribution in [0.25, 0.3) is 5.76 Å². The van der Waals surface area contributed by atoms with E-state index >= 15 is 0 Å². The number of ketones is 1. The van der Waals surface area contributed by atoms with Gasteiger partial charge in [-0.25, -0.2) is 0 Å². The number of ether oxygens (including phenoxy) is 1. The van der Waals surface area contributed by atoms with E-state index in [4.69, 9.17) is 4.74 Å². The Hall–Kier alpha value is -2.90. The molecule has 0 bridgehead atoms. The molecule has 1 fully saturated rings. The molecule has 6 nitrogen and oxygen atoms in total. The molecule has 3 rings (SSSR count). The van der Waals surface area contributed by atoms with Crippen LogP contribution in [0.2, 0.25) is 0 Å². The van der Waals surface area contributed by atoms with E-state index < -0.39 is 17.7 Å². The second-order valence-corrected chi connectivity index (χ2v) is 8.39. The van der Waals surface area contributed by atoms with Gasteiger partial charge in [0.05, 0.1) is 11.6 Å². The molecule has 1 amide bonds. The Morgan fingerprint density at radius 2 is 1.81 bits per heavy atom. The van der Waals surface area contributed by atoms with Gasteiger partial charge in [-0.3, -0.25) is 9.59 Å². The summed E-state index contributed by atoms with van der Waals surface area (Å²) in [7, 11) is 3.80. The van der Waals surface area contributed by atoms with Gasteiger partial charge in [0.1, 0.15) is 18.1 Å². The van der Waals surface area contributed by atoms with Gasteiger partial charge in [0.2, 0.25) is 0 Å². The van der Waals surface area contributed by atoms with Crippen molar-refractivity contribution in [2.75, 3.05) is 33.8 Å². The van der Waals surface area contributed by atoms with Gasteiger partial charge < -0.3 is 19.6 Å². The van der Waals surface area contributed by atoms with Crippen LogP contribution in [-0.4, -0.2) is 60.4 Å². The molecule has 1 N–H and O–H groups in total. The van der Waals surface area contributed by atoms with Crippen LogP contribution in [0.1, 0.15) is 17.2 Å². The Morgan fingerprint density at radius 3 is 2.39 bits per heavy atom. The fourth-order valence-corrected chi connectivity index (χ4v) is 3.69. The number of aliphatic hydroxyl groups is 1. The molecular weight excluding hydrogens is 460 g/mol. The molecule has 1 atom stereocenters. The molecule has 1 aliphatic rings. The maximum absolute atomic E-state index is 13.0. The molecular formula is C24H25BrN2O4. The lowest BCUT2D eigenvalue weighted by Crippen LogP contribution is -2.35. The summed E-state index contributed by atoms with van der Waals surface area (Å²) >= 11 is 3.37. The minimum atomic E-state index is -0.684. The van der Waals surface area contributed by atoms with E-state index in [9.17, 15) is 14.7 Å². The number of amides is 1. The largest absolute Gasteiger partial charge is 0.507 e. The van der Waals surface area contributed by atoms with Crippen molar-refractivity contribution in [1.82, 2.24) is 9.80 Å². The number of nitrogens with zero attached hydrogens (tertiary/aromatic N) is 2. The summed E-state index contributed by atoms with van der Waals surface area (Å²) in [5, 5.41) is 11.0. The lowest BCUT2D eigenvalue weighted by atomic mass is 9.95. The van der Waals surface area contributed by atoms with E-state index in [1.807, 2.05) is 31.1 Å². The van der Waals surface area contributed by atoms with Crippen LogP contribution in [0, 0.1) is 0 Å². The van der Waals surface area contributed by atoms with Crippen LogP contribution in [-0.2, 0) is 9.59 Å². The Labute approximate surface area is 190 Å². The number of halogens is 1. The normalized spacial score (nSPS) is 17.9. The molecule has 1 aliphatic heterocycles. The number of Topliss-reactive ketones (excluding diaryl/α,β-unsaturated/α-hetero) is 1. The summed E-state index contributed by atoms with van der Waals surface area (Å²) in [6.45, 7) is 4.95. The lowest BCUT2D eigenvalue weighted by molar-refractivity contribution is -0.140. The number of aliphatic hydroxyl groups excluding tert-OH is 1. The standard InChI is InChI=1S/C24H25BrN2O4/c1-4-15-31-19-11-7-16(8-12-19)21-20(22(28)17-5-9-18(25)10-6-17)23(29)24(30)27(21)14-13-26(2)3/h4-12,21,28H,1,13-15H2,2-3H3/b22-20+/t21-/m0/s1. The minimum absolute atomic E-state index is 0.0887. The Bertz CT molecular complexity index is 997. The number of carbonyl (C=O) groups excluding carboxylic acids is 2. The molecule has 0 aromatic heterocycles. The van der Waals surface area contributed by atoms with Crippen molar-refractivity contribution in [1.29, 1.82) is 0 Å². The molecule has 2 aromatic rings. The van der Waals surface area contributed by atoms with Crippen LogP contribution in [0.15, 0.2) is 71.2 Å². The summed E-state index contributed by atoms with van der Waals surface area (Å²) in [5.74, 6) is -0.828. The van der Waals surface area contributed by atoms with Crippen molar-refractivity contribution in [2.45, 2.75) is 6.04 Å².